The number of esters is 2. The number of benzene rings is 1. The molecule has 0 heterocycles. The highest BCUT2D eigenvalue weighted by atomic mass is 16.5. The highest BCUT2D eigenvalue weighted by Gasteiger charge is 2.23. The van der Waals surface area contributed by atoms with Gasteiger partial charge < -0.3 is 9.47 Å². The zero-order valence-corrected chi connectivity index (χ0v) is 13.0. The van der Waals surface area contributed by atoms with E-state index in [0.29, 0.717) is 12.8 Å². The molecule has 1 saturated carbocycles. The molecule has 1 aromatic carbocycles. The largest absolute Gasteiger partial charge is 0.462 e. The maximum absolute atomic E-state index is 12.6. The maximum atomic E-state index is 12.6. The molecule has 120 valence electrons. The molecule has 1 aliphatic carbocycles. The van der Waals surface area contributed by atoms with Crippen molar-refractivity contribution in [2.75, 3.05) is 6.61 Å². The smallest absolute Gasteiger partial charge is 0.339 e. The molecule has 22 heavy (non-hydrogen) atoms. The van der Waals surface area contributed by atoms with Crippen LogP contribution in [0.5, 0.6) is 0 Å². The molecule has 0 atom stereocenters. The van der Waals surface area contributed by atoms with Gasteiger partial charge in [0.25, 0.3) is 0 Å². The van der Waals surface area contributed by atoms with Gasteiger partial charge in [-0.3, -0.25) is 0 Å². The van der Waals surface area contributed by atoms with Crippen LogP contribution in [0.15, 0.2) is 24.2 Å². The lowest BCUT2D eigenvalue weighted by Gasteiger charge is -2.22. The predicted octanol–water partition coefficient (Wildman–Crippen LogP) is 3.99. The zero-order chi connectivity index (χ0) is 19.4. The normalized spacial score (nSPS) is 18.1. The van der Waals surface area contributed by atoms with E-state index in [9.17, 15) is 9.59 Å². The van der Waals surface area contributed by atoms with E-state index in [4.69, 9.17) is 15.0 Å². The van der Waals surface area contributed by atoms with Crippen LogP contribution in [-0.2, 0) is 9.47 Å². The lowest BCUT2D eigenvalue weighted by molar-refractivity contribution is 0.0202. The molecular formula is C18H24O4. The molecule has 0 N–H and O–H groups in total. The Kier molecular flexibility index (Phi) is 4.23. The van der Waals surface area contributed by atoms with Gasteiger partial charge in [-0.05, 0) is 43.7 Å². The number of ether oxygens (including phenoxy) is 2. The Labute approximate surface area is 137 Å². The maximum Gasteiger partial charge on any atom is 0.339 e. The molecule has 0 unspecified atom stereocenters. The van der Waals surface area contributed by atoms with Gasteiger partial charge in [0.1, 0.15) is 6.10 Å². The molecule has 1 aromatic rings. The van der Waals surface area contributed by atoms with Crippen LogP contribution in [0.25, 0.3) is 0 Å². The molecule has 4 nitrogen and oxygen atoms in total. The van der Waals surface area contributed by atoms with E-state index in [0.717, 1.165) is 19.3 Å². The van der Waals surface area contributed by atoms with Crippen LogP contribution in [0, 0.1) is 5.92 Å². The SMILES string of the molecule is [2H]c1c([2H])c([2H])c(C(=O)OC2CCCCC2)c(C(=O)OCC(C)C)c1[2H]. The van der Waals surface area contributed by atoms with Gasteiger partial charge in [0.05, 0.1) is 23.2 Å². The first kappa shape index (κ1) is 11.7. The fourth-order valence-corrected chi connectivity index (χ4v) is 2.33. The van der Waals surface area contributed by atoms with Crippen molar-refractivity contribution < 1.29 is 24.5 Å². The summed E-state index contributed by atoms with van der Waals surface area (Å²) >= 11 is 0. The molecule has 1 fully saturated rings. The third-order valence-corrected chi connectivity index (χ3v) is 3.47. The molecule has 0 spiro atoms. The summed E-state index contributed by atoms with van der Waals surface area (Å²) in [6.45, 7) is 3.76. The van der Waals surface area contributed by atoms with Gasteiger partial charge in [-0.25, -0.2) is 9.59 Å². The number of rotatable bonds is 5. The molecular weight excluding hydrogens is 280 g/mol. The second-order valence-corrected chi connectivity index (χ2v) is 5.91. The Hall–Kier alpha value is -1.84. The van der Waals surface area contributed by atoms with Crippen LogP contribution < -0.4 is 0 Å². The summed E-state index contributed by atoms with van der Waals surface area (Å²) in [4.78, 5) is 25.1. The minimum Gasteiger partial charge on any atom is -0.462 e. The number of hydrogen-bond donors (Lipinski definition) is 0. The molecule has 4 heteroatoms. The van der Waals surface area contributed by atoms with Gasteiger partial charge >= 0.3 is 11.9 Å². The fraction of sp³-hybridized carbons (Fsp3) is 0.556. The molecule has 0 aromatic heterocycles. The van der Waals surface area contributed by atoms with E-state index in [-0.39, 0.29) is 18.6 Å². The van der Waals surface area contributed by atoms with Crippen LogP contribution in [0.4, 0.5) is 0 Å². The molecule has 0 saturated heterocycles. The average molecular weight is 308 g/mol. The minimum atomic E-state index is -0.943. The van der Waals surface area contributed by atoms with E-state index in [2.05, 4.69) is 0 Å². The molecule has 0 radical (unpaired) electrons. The van der Waals surface area contributed by atoms with Gasteiger partial charge in [-0.15, -0.1) is 0 Å². The van der Waals surface area contributed by atoms with Crippen LogP contribution in [0.1, 0.15) is 72.2 Å². The van der Waals surface area contributed by atoms with Crippen molar-refractivity contribution in [1.29, 1.82) is 0 Å². The number of hydrogen-bond acceptors (Lipinski definition) is 4. The van der Waals surface area contributed by atoms with Crippen LogP contribution in [0.2, 0.25) is 0 Å². The lowest BCUT2D eigenvalue weighted by atomic mass is 9.97. The van der Waals surface area contributed by atoms with E-state index < -0.39 is 47.2 Å². The monoisotopic (exact) mass is 308 g/mol. The van der Waals surface area contributed by atoms with Gasteiger partial charge in [0.2, 0.25) is 0 Å². The Morgan fingerprint density at radius 3 is 2.32 bits per heavy atom. The van der Waals surface area contributed by atoms with E-state index in [1.165, 1.54) is 0 Å². The second kappa shape index (κ2) is 7.97. The summed E-state index contributed by atoms with van der Waals surface area (Å²) < 4.78 is 42.1. The van der Waals surface area contributed by atoms with Crippen molar-refractivity contribution in [3.05, 3.63) is 35.3 Å². The van der Waals surface area contributed by atoms with Crippen molar-refractivity contribution >= 4 is 11.9 Å². The highest BCUT2D eigenvalue weighted by molar-refractivity contribution is 6.03. The average Bonchev–Trinajstić information content (AvgIpc) is 2.61. The lowest BCUT2D eigenvalue weighted by Crippen LogP contribution is -2.23. The van der Waals surface area contributed by atoms with Crippen LogP contribution >= 0.6 is 0 Å². The van der Waals surface area contributed by atoms with Gasteiger partial charge in [0.15, 0.2) is 0 Å². The predicted molar refractivity (Wildman–Crippen MR) is 83.9 cm³/mol. The first-order chi connectivity index (χ1) is 12.2. The van der Waals surface area contributed by atoms with Crippen molar-refractivity contribution in [3.8, 4) is 0 Å². The minimum absolute atomic E-state index is 0.0483. The molecule has 0 aliphatic heterocycles. The standard InChI is InChI=1S/C18H24O4/c1-13(2)12-21-17(19)15-10-6-7-11-16(15)18(20)22-14-8-4-3-5-9-14/h6-7,10-11,13-14H,3-5,8-9,12H2,1-2H3/i6D,7D,10D,11D. The van der Waals surface area contributed by atoms with E-state index in [1.54, 1.807) is 0 Å². The van der Waals surface area contributed by atoms with E-state index >= 15 is 0 Å². The van der Waals surface area contributed by atoms with Crippen LogP contribution in [-0.4, -0.2) is 24.6 Å². The highest BCUT2D eigenvalue weighted by Crippen LogP contribution is 2.22. The molecule has 0 amide bonds. The zero-order valence-electron chi connectivity index (χ0n) is 17.0. The Morgan fingerprint density at radius 1 is 1.14 bits per heavy atom. The summed E-state index contributed by atoms with van der Waals surface area (Å²) in [7, 11) is 0. The number of carbonyl (C=O) groups is 2. The second-order valence-electron chi connectivity index (χ2n) is 5.91. The molecule has 2 rings (SSSR count). The van der Waals surface area contributed by atoms with Crippen molar-refractivity contribution in [1.82, 2.24) is 0 Å². The fourth-order valence-electron chi connectivity index (χ4n) is 2.33. The third-order valence-electron chi connectivity index (χ3n) is 3.47. The Morgan fingerprint density at radius 2 is 1.73 bits per heavy atom. The van der Waals surface area contributed by atoms with Crippen molar-refractivity contribution in [2.45, 2.75) is 52.1 Å². The van der Waals surface area contributed by atoms with Crippen molar-refractivity contribution in [3.63, 3.8) is 0 Å². The summed E-state index contributed by atoms with van der Waals surface area (Å²) in [5.41, 5.74) is -0.909. The first-order valence-corrected chi connectivity index (χ1v) is 7.72. The first-order valence-electron chi connectivity index (χ1n) is 9.72. The number of carbonyl (C=O) groups excluding carboxylic acids is 2. The van der Waals surface area contributed by atoms with Crippen LogP contribution in [0.3, 0.4) is 0 Å². The van der Waals surface area contributed by atoms with E-state index in [1.807, 2.05) is 13.8 Å². The molecule has 1 aliphatic rings. The summed E-state index contributed by atoms with van der Waals surface area (Å²) in [5, 5.41) is 0. The summed E-state index contributed by atoms with van der Waals surface area (Å²) in [6.07, 6.45) is 4.08. The van der Waals surface area contributed by atoms with Gasteiger partial charge in [-0.2, -0.15) is 0 Å². The topological polar surface area (TPSA) is 52.6 Å². The van der Waals surface area contributed by atoms with Gasteiger partial charge in [0, 0.05) is 0 Å². The summed E-state index contributed by atoms with van der Waals surface area (Å²) in [5.74, 6) is -1.80. The summed E-state index contributed by atoms with van der Waals surface area (Å²) in [6, 6.07) is -2.33. The van der Waals surface area contributed by atoms with Gasteiger partial charge in [-0.1, -0.05) is 32.4 Å². The third kappa shape index (κ3) is 4.58. The quantitative estimate of drug-likeness (QED) is 0.772. The Balaban J connectivity index is 2.41. The Bertz CT molecular complexity index is 697. The van der Waals surface area contributed by atoms with Crippen molar-refractivity contribution in [2.24, 2.45) is 5.92 Å². The molecule has 0 bridgehead atoms.